The van der Waals surface area contributed by atoms with E-state index in [1.54, 1.807) is 12.1 Å². The Morgan fingerprint density at radius 1 is 1.12 bits per heavy atom. The van der Waals surface area contributed by atoms with Gasteiger partial charge >= 0.3 is 0 Å². The lowest BCUT2D eigenvalue weighted by Crippen LogP contribution is -2.44. The number of hydrogen-bond acceptors (Lipinski definition) is 3. The number of ether oxygens (including phenoxy) is 1. The van der Waals surface area contributed by atoms with Crippen LogP contribution < -0.4 is 5.32 Å². The molecule has 0 aromatic heterocycles. The highest BCUT2D eigenvalue weighted by atomic mass is 79.9. The van der Waals surface area contributed by atoms with E-state index in [9.17, 15) is 9.18 Å². The highest BCUT2D eigenvalue weighted by molar-refractivity contribution is 9.10. The molecule has 1 fully saturated rings. The Labute approximate surface area is 161 Å². The van der Waals surface area contributed by atoms with E-state index < -0.39 is 0 Å². The lowest BCUT2D eigenvalue weighted by Gasteiger charge is -2.35. The summed E-state index contributed by atoms with van der Waals surface area (Å²) >= 11 is 3.39. The molecule has 3 rings (SSSR count). The Balaban J connectivity index is 1.64. The Morgan fingerprint density at radius 2 is 1.77 bits per heavy atom. The number of halogens is 2. The third-order valence-electron chi connectivity index (χ3n) is 4.51. The topological polar surface area (TPSA) is 41.6 Å². The molecule has 26 heavy (non-hydrogen) atoms. The van der Waals surface area contributed by atoms with Gasteiger partial charge in [-0.3, -0.25) is 9.69 Å². The lowest BCUT2D eigenvalue weighted by molar-refractivity contribution is -0.120. The molecule has 0 aliphatic carbocycles. The van der Waals surface area contributed by atoms with Crippen molar-refractivity contribution in [3.05, 3.63) is 69.9 Å². The molecule has 1 heterocycles. The molecule has 4 nitrogen and oxygen atoms in total. The fourth-order valence-corrected chi connectivity index (χ4v) is 3.36. The number of benzene rings is 2. The summed E-state index contributed by atoms with van der Waals surface area (Å²) in [5, 5.41) is 3.03. The highest BCUT2D eigenvalue weighted by Crippen LogP contribution is 2.21. The number of rotatable bonds is 6. The minimum Gasteiger partial charge on any atom is -0.379 e. The van der Waals surface area contributed by atoms with Crippen molar-refractivity contribution in [1.29, 1.82) is 0 Å². The SMILES string of the molecule is O=C(Cc1ccc(Br)cc1)NCC(c1ccc(F)cc1)N1CCOCC1. The average molecular weight is 421 g/mol. The van der Waals surface area contributed by atoms with E-state index in [2.05, 4.69) is 26.1 Å². The van der Waals surface area contributed by atoms with Crippen molar-refractivity contribution < 1.29 is 13.9 Å². The molecule has 138 valence electrons. The summed E-state index contributed by atoms with van der Waals surface area (Å²) in [6, 6.07) is 14.2. The second-order valence-electron chi connectivity index (χ2n) is 6.32. The number of nitrogens with one attached hydrogen (secondary N) is 1. The minimum absolute atomic E-state index is 0.00775. The minimum atomic E-state index is -0.256. The van der Waals surface area contributed by atoms with Crippen molar-refractivity contribution in [2.45, 2.75) is 12.5 Å². The zero-order valence-corrected chi connectivity index (χ0v) is 16.0. The van der Waals surface area contributed by atoms with Crippen molar-refractivity contribution in [1.82, 2.24) is 10.2 Å². The number of morpholine rings is 1. The van der Waals surface area contributed by atoms with Crippen LogP contribution >= 0.6 is 15.9 Å². The van der Waals surface area contributed by atoms with Gasteiger partial charge in [0.05, 0.1) is 25.7 Å². The number of carbonyl (C=O) groups is 1. The van der Waals surface area contributed by atoms with Crippen LogP contribution in [0.2, 0.25) is 0 Å². The summed E-state index contributed by atoms with van der Waals surface area (Å²) in [7, 11) is 0. The maximum absolute atomic E-state index is 13.3. The normalized spacial score (nSPS) is 16.2. The van der Waals surface area contributed by atoms with Crippen LogP contribution in [0.3, 0.4) is 0 Å². The van der Waals surface area contributed by atoms with Crippen LogP contribution in [0, 0.1) is 5.82 Å². The lowest BCUT2D eigenvalue weighted by atomic mass is 10.0. The van der Waals surface area contributed by atoms with Gasteiger partial charge in [-0.15, -0.1) is 0 Å². The molecule has 1 unspecified atom stereocenters. The van der Waals surface area contributed by atoms with Gasteiger partial charge in [-0.05, 0) is 35.4 Å². The molecule has 1 aliphatic rings. The molecule has 1 aliphatic heterocycles. The van der Waals surface area contributed by atoms with Crippen LogP contribution in [0.25, 0.3) is 0 Å². The van der Waals surface area contributed by atoms with Crippen molar-refractivity contribution in [2.24, 2.45) is 0 Å². The maximum atomic E-state index is 13.3. The average Bonchev–Trinajstić information content (AvgIpc) is 2.66. The molecule has 1 N–H and O–H groups in total. The van der Waals surface area contributed by atoms with Crippen molar-refractivity contribution in [3.8, 4) is 0 Å². The van der Waals surface area contributed by atoms with Crippen molar-refractivity contribution >= 4 is 21.8 Å². The van der Waals surface area contributed by atoms with Gasteiger partial charge in [-0.2, -0.15) is 0 Å². The maximum Gasteiger partial charge on any atom is 0.224 e. The van der Waals surface area contributed by atoms with Crippen LogP contribution in [-0.4, -0.2) is 43.7 Å². The zero-order chi connectivity index (χ0) is 18.4. The first-order valence-corrected chi connectivity index (χ1v) is 9.49. The zero-order valence-electron chi connectivity index (χ0n) is 14.5. The highest BCUT2D eigenvalue weighted by Gasteiger charge is 2.23. The van der Waals surface area contributed by atoms with Gasteiger partial charge in [-0.1, -0.05) is 40.2 Å². The molecule has 0 saturated carbocycles. The van der Waals surface area contributed by atoms with Gasteiger partial charge in [0.1, 0.15) is 5.82 Å². The van der Waals surface area contributed by atoms with Gasteiger partial charge in [0, 0.05) is 24.1 Å². The Kier molecular flexibility index (Phi) is 6.77. The molecule has 1 saturated heterocycles. The van der Waals surface area contributed by atoms with Gasteiger partial charge in [-0.25, -0.2) is 4.39 Å². The van der Waals surface area contributed by atoms with Crippen LogP contribution in [0.15, 0.2) is 53.0 Å². The van der Waals surface area contributed by atoms with Crippen molar-refractivity contribution in [2.75, 3.05) is 32.8 Å². The van der Waals surface area contributed by atoms with Crippen LogP contribution in [0.5, 0.6) is 0 Å². The molecule has 2 aromatic carbocycles. The van der Waals surface area contributed by atoms with Crippen molar-refractivity contribution in [3.63, 3.8) is 0 Å². The summed E-state index contributed by atoms with van der Waals surface area (Å²) in [5.74, 6) is -0.276. The third kappa shape index (κ3) is 5.37. The smallest absolute Gasteiger partial charge is 0.224 e. The predicted octanol–water partition coefficient (Wildman–Crippen LogP) is 3.32. The Morgan fingerprint density at radius 3 is 2.42 bits per heavy atom. The Bertz CT molecular complexity index is 716. The first-order chi connectivity index (χ1) is 12.6. The fraction of sp³-hybridized carbons (Fsp3) is 0.350. The second-order valence-corrected chi connectivity index (χ2v) is 7.24. The predicted molar refractivity (Wildman–Crippen MR) is 102 cm³/mol. The van der Waals surface area contributed by atoms with E-state index >= 15 is 0 Å². The molecule has 2 aromatic rings. The summed E-state index contributed by atoms with van der Waals surface area (Å²) in [6.07, 6.45) is 0.340. The summed E-state index contributed by atoms with van der Waals surface area (Å²) < 4.78 is 19.7. The van der Waals surface area contributed by atoms with Gasteiger partial charge in [0.15, 0.2) is 0 Å². The van der Waals surface area contributed by atoms with E-state index in [0.29, 0.717) is 26.2 Å². The van der Waals surface area contributed by atoms with Gasteiger partial charge in [0.25, 0.3) is 0 Å². The molecule has 6 heteroatoms. The van der Waals surface area contributed by atoms with Crippen LogP contribution in [0.1, 0.15) is 17.2 Å². The first-order valence-electron chi connectivity index (χ1n) is 8.70. The molecule has 1 amide bonds. The molecule has 0 bridgehead atoms. The fourth-order valence-electron chi connectivity index (χ4n) is 3.09. The molecular weight excluding hydrogens is 399 g/mol. The summed E-state index contributed by atoms with van der Waals surface area (Å²) in [6.45, 7) is 3.42. The van der Waals surface area contributed by atoms with Gasteiger partial charge in [0.2, 0.25) is 5.91 Å². The van der Waals surface area contributed by atoms with E-state index in [1.807, 2.05) is 24.3 Å². The van der Waals surface area contributed by atoms with E-state index in [-0.39, 0.29) is 17.8 Å². The summed E-state index contributed by atoms with van der Waals surface area (Å²) in [4.78, 5) is 14.6. The van der Waals surface area contributed by atoms with E-state index in [4.69, 9.17) is 4.74 Å². The molecule has 0 radical (unpaired) electrons. The molecular formula is C20H22BrFN2O2. The van der Waals surface area contributed by atoms with E-state index in [1.165, 1.54) is 12.1 Å². The first kappa shape index (κ1) is 19.0. The quantitative estimate of drug-likeness (QED) is 0.778. The van der Waals surface area contributed by atoms with Crippen LogP contribution in [-0.2, 0) is 16.0 Å². The molecule has 0 spiro atoms. The van der Waals surface area contributed by atoms with Crippen LogP contribution in [0.4, 0.5) is 4.39 Å². The van der Waals surface area contributed by atoms with E-state index in [0.717, 1.165) is 28.7 Å². The third-order valence-corrected chi connectivity index (χ3v) is 5.04. The largest absolute Gasteiger partial charge is 0.379 e. The van der Waals surface area contributed by atoms with Gasteiger partial charge < -0.3 is 10.1 Å². The second kappa shape index (κ2) is 9.26. The number of nitrogens with zero attached hydrogens (tertiary/aromatic N) is 1. The standard InChI is InChI=1S/C20H22BrFN2O2/c21-17-5-1-15(2-6-17)13-20(25)23-14-19(24-9-11-26-12-10-24)16-3-7-18(22)8-4-16/h1-8,19H,9-14H2,(H,23,25). The monoisotopic (exact) mass is 420 g/mol. The number of hydrogen-bond donors (Lipinski definition) is 1. The Hall–Kier alpha value is -1.76. The number of carbonyl (C=O) groups excluding carboxylic acids is 1. The number of amides is 1. The summed E-state index contributed by atoms with van der Waals surface area (Å²) in [5.41, 5.74) is 1.97. The molecule has 1 atom stereocenters.